The number of ether oxygens (including phenoxy) is 2. The van der Waals surface area contributed by atoms with Gasteiger partial charge in [-0.2, -0.15) is 0 Å². The lowest BCUT2D eigenvalue weighted by Crippen LogP contribution is -2.09. The third kappa shape index (κ3) is 7.70. The second kappa shape index (κ2) is 10.9. The Balaban J connectivity index is 0.000000255. The van der Waals surface area contributed by atoms with E-state index in [1.165, 1.54) is 5.56 Å². The van der Waals surface area contributed by atoms with Gasteiger partial charge >= 0.3 is 5.97 Å². The van der Waals surface area contributed by atoms with Gasteiger partial charge < -0.3 is 9.47 Å². The van der Waals surface area contributed by atoms with Crippen LogP contribution >= 0.6 is 0 Å². The SMILES string of the molecule is C=CC(=O)OCCOc1ccccc1.C=Cc1ccccc1. The van der Waals surface area contributed by atoms with Gasteiger partial charge in [0.05, 0.1) is 0 Å². The molecule has 0 N–H and O–H groups in total. The van der Waals surface area contributed by atoms with E-state index in [1.54, 1.807) is 0 Å². The van der Waals surface area contributed by atoms with Gasteiger partial charge in [-0.3, -0.25) is 0 Å². The molecule has 0 radical (unpaired) electrons. The minimum Gasteiger partial charge on any atom is -0.490 e. The smallest absolute Gasteiger partial charge is 0.330 e. The zero-order valence-electron chi connectivity index (χ0n) is 12.5. The zero-order chi connectivity index (χ0) is 16.0. The molecule has 0 fully saturated rings. The van der Waals surface area contributed by atoms with E-state index in [2.05, 4.69) is 13.2 Å². The summed E-state index contributed by atoms with van der Waals surface area (Å²) in [6.45, 7) is 7.50. The van der Waals surface area contributed by atoms with Crippen molar-refractivity contribution in [3.05, 3.63) is 85.5 Å². The Labute approximate surface area is 131 Å². The van der Waals surface area contributed by atoms with Crippen molar-refractivity contribution in [1.82, 2.24) is 0 Å². The highest BCUT2D eigenvalue weighted by Gasteiger charge is 1.95. The molecule has 114 valence electrons. The van der Waals surface area contributed by atoms with Crippen molar-refractivity contribution in [2.24, 2.45) is 0 Å². The highest BCUT2D eigenvalue weighted by atomic mass is 16.6. The van der Waals surface area contributed by atoms with Crippen LogP contribution in [0.2, 0.25) is 0 Å². The fraction of sp³-hybridized carbons (Fsp3) is 0.105. The van der Waals surface area contributed by atoms with Crippen molar-refractivity contribution in [1.29, 1.82) is 0 Å². The van der Waals surface area contributed by atoms with E-state index < -0.39 is 5.97 Å². The summed E-state index contributed by atoms with van der Waals surface area (Å²) in [5, 5.41) is 0. The number of carbonyl (C=O) groups excluding carboxylic acids is 1. The first kappa shape index (κ1) is 17.2. The van der Waals surface area contributed by atoms with E-state index in [-0.39, 0.29) is 6.61 Å². The molecule has 0 saturated carbocycles. The van der Waals surface area contributed by atoms with Gasteiger partial charge in [0.2, 0.25) is 0 Å². The number of hydrogen-bond donors (Lipinski definition) is 0. The van der Waals surface area contributed by atoms with Crippen molar-refractivity contribution < 1.29 is 14.3 Å². The van der Waals surface area contributed by atoms with Gasteiger partial charge in [0.15, 0.2) is 0 Å². The second-order valence-corrected chi connectivity index (χ2v) is 4.15. The average molecular weight is 296 g/mol. The molecule has 0 heterocycles. The highest BCUT2D eigenvalue weighted by Crippen LogP contribution is 2.07. The molecule has 0 aliphatic heterocycles. The van der Waals surface area contributed by atoms with Crippen LogP contribution in [0.15, 0.2) is 79.9 Å². The van der Waals surface area contributed by atoms with E-state index in [4.69, 9.17) is 9.47 Å². The van der Waals surface area contributed by atoms with Crippen LogP contribution in [-0.2, 0) is 9.53 Å². The number of esters is 1. The standard InChI is InChI=1S/C11H12O3.C8H8/c1-2-11(12)14-9-8-13-10-6-4-3-5-7-10;1-2-8-6-4-3-5-7-8/h2-7H,1,8-9H2;2-7H,1H2. The Bertz CT molecular complexity index is 562. The van der Waals surface area contributed by atoms with Gasteiger partial charge in [-0.05, 0) is 17.7 Å². The van der Waals surface area contributed by atoms with Crippen molar-refractivity contribution in [2.45, 2.75) is 0 Å². The summed E-state index contributed by atoms with van der Waals surface area (Å²) in [6, 6.07) is 19.4. The van der Waals surface area contributed by atoms with Crippen LogP contribution in [0.4, 0.5) is 0 Å². The fourth-order valence-corrected chi connectivity index (χ4v) is 1.47. The molecule has 0 unspecified atom stereocenters. The van der Waals surface area contributed by atoms with Crippen molar-refractivity contribution in [3.63, 3.8) is 0 Å². The summed E-state index contributed by atoms with van der Waals surface area (Å²) in [5.41, 5.74) is 1.17. The Morgan fingerprint density at radius 1 is 0.909 bits per heavy atom. The van der Waals surface area contributed by atoms with Crippen LogP contribution in [0.1, 0.15) is 5.56 Å². The summed E-state index contributed by atoms with van der Waals surface area (Å²) < 4.78 is 10.0. The Morgan fingerprint density at radius 3 is 2.00 bits per heavy atom. The molecule has 3 heteroatoms. The highest BCUT2D eigenvalue weighted by molar-refractivity contribution is 5.81. The minimum absolute atomic E-state index is 0.236. The molecule has 22 heavy (non-hydrogen) atoms. The Kier molecular flexibility index (Phi) is 8.56. The van der Waals surface area contributed by atoms with Gasteiger partial charge in [-0.1, -0.05) is 67.8 Å². The maximum absolute atomic E-state index is 10.6. The lowest BCUT2D eigenvalue weighted by molar-refractivity contribution is -0.138. The van der Waals surface area contributed by atoms with Crippen molar-refractivity contribution in [3.8, 4) is 5.75 Å². The summed E-state index contributed by atoms with van der Waals surface area (Å²) in [6.07, 6.45) is 2.96. The summed E-state index contributed by atoms with van der Waals surface area (Å²) in [5.74, 6) is 0.337. The third-order valence-electron chi connectivity index (χ3n) is 2.54. The van der Waals surface area contributed by atoms with Crippen LogP contribution in [-0.4, -0.2) is 19.2 Å². The van der Waals surface area contributed by atoms with Crippen molar-refractivity contribution >= 4 is 12.0 Å². The van der Waals surface area contributed by atoms with Gasteiger partial charge in [-0.25, -0.2) is 4.79 Å². The quantitative estimate of drug-likeness (QED) is 0.457. The number of para-hydroxylation sites is 1. The molecule has 2 aromatic carbocycles. The number of hydrogen-bond acceptors (Lipinski definition) is 3. The number of benzene rings is 2. The van der Waals surface area contributed by atoms with Crippen LogP contribution in [0.5, 0.6) is 5.75 Å². The Morgan fingerprint density at radius 2 is 1.50 bits per heavy atom. The first-order chi connectivity index (χ1) is 10.8. The van der Waals surface area contributed by atoms with Crippen LogP contribution in [0.3, 0.4) is 0 Å². The third-order valence-corrected chi connectivity index (χ3v) is 2.54. The van der Waals surface area contributed by atoms with Crippen LogP contribution in [0, 0.1) is 0 Å². The van der Waals surface area contributed by atoms with Gasteiger partial charge in [-0.15, -0.1) is 0 Å². The second-order valence-electron chi connectivity index (χ2n) is 4.15. The summed E-state index contributed by atoms with van der Waals surface area (Å²) in [7, 11) is 0. The van der Waals surface area contributed by atoms with E-state index in [0.717, 1.165) is 11.8 Å². The number of carbonyl (C=O) groups is 1. The van der Waals surface area contributed by atoms with Gasteiger partial charge in [0, 0.05) is 6.08 Å². The predicted molar refractivity (Wildman–Crippen MR) is 89.6 cm³/mol. The maximum Gasteiger partial charge on any atom is 0.330 e. The van der Waals surface area contributed by atoms with Gasteiger partial charge in [0.25, 0.3) is 0 Å². The molecular formula is C19H20O3. The molecule has 0 saturated heterocycles. The first-order valence-electron chi connectivity index (χ1n) is 6.90. The molecule has 0 aromatic heterocycles. The first-order valence-corrected chi connectivity index (χ1v) is 6.90. The molecule has 0 bridgehead atoms. The lowest BCUT2D eigenvalue weighted by atomic mass is 10.2. The fourth-order valence-electron chi connectivity index (χ4n) is 1.47. The summed E-state index contributed by atoms with van der Waals surface area (Å²) in [4.78, 5) is 10.6. The average Bonchev–Trinajstić information content (AvgIpc) is 2.60. The maximum atomic E-state index is 10.6. The normalized spacial score (nSPS) is 8.91. The molecule has 2 aromatic rings. The van der Waals surface area contributed by atoms with E-state index in [0.29, 0.717) is 6.61 Å². The van der Waals surface area contributed by atoms with Gasteiger partial charge in [0.1, 0.15) is 19.0 Å². The number of rotatable bonds is 6. The molecular weight excluding hydrogens is 276 g/mol. The molecule has 0 spiro atoms. The molecule has 2 rings (SSSR count). The molecule has 0 atom stereocenters. The molecule has 0 aliphatic carbocycles. The van der Waals surface area contributed by atoms with Crippen molar-refractivity contribution in [2.75, 3.05) is 13.2 Å². The Hall–Kier alpha value is -2.81. The van der Waals surface area contributed by atoms with E-state index in [9.17, 15) is 4.79 Å². The summed E-state index contributed by atoms with van der Waals surface area (Å²) >= 11 is 0. The lowest BCUT2D eigenvalue weighted by Gasteiger charge is -2.05. The zero-order valence-corrected chi connectivity index (χ0v) is 12.5. The van der Waals surface area contributed by atoms with E-state index >= 15 is 0 Å². The topological polar surface area (TPSA) is 35.5 Å². The minimum atomic E-state index is -0.429. The molecule has 0 amide bonds. The largest absolute Gasteiger partial charge is 0.490 e. The molecule has 0 aliphatic rings. The van der Waals surface area contributed by atoms with Crippen LogP contribution in [0.25, 0.3) is 6.08 Å². The monoisotopic (exact) mass is 296 g/mol. The molecule has 3 nitrogen and oxygen atoms in total. The van der Waals surface area contributed by atoms with Crippen LogP contribution < -0.4 is 4.74 Å². The predicted octanol–water partition coefficient (Wildman–Crippen LogP) is 4.12. The van der Waals surface area contributed by atoms with E-state index in [1.807, 2.05) is 66.7 Å².